The molecule has 9 heteroatoms. The van der Waals surface area contributed by atoms with Gasteiger partial charge in [-0.2, -0.15) is 0 Å². The molecule has 2 rings (SSSR count). The van der Waals surface area contributed by atoms with Crippen molar-refractivity contribution >= 4 is 29.2 Å². The van der Waals surface area contributed by atoms with E-state index < -0.39 is 5.91 Å². The summed E-state index contributed by atoms with van der Waals surface area (Å²) in [5.74, 6) is -1.30. The first-order chi connectivity index (χ1) is 15.0. The molecule has 1 aromatic rings. The maximum absolute atomic E-state index is 12.5. The molecule has 0 heterocycles. The number of para-hydroxylation sites is 1. The van der Waals surface area contributed by atoms with Gasteiger partial charge < -0.3 is 24.8 Å². The van der Waals surface area contributed by atoms with Crippen LogP contribution in [0.2, 0.25) is 0 Å². The summed E-state index contributed by atoms with van der Waals surface area (Å²) in [6, 6.07) is 6.48. The maximum Gasteiger partial charge on any atom is 0.258 e. The first-order valence-electron chi connectivity index (χ1n) is 10.3. The molecule has 1 aliphatic carbocycles. The summed E-state index contributed by atoms with van der Waals surface area (Å²) < 4.78 is 15.8. The average molecular weight is 431 g/mol. The van der Waals surface area contributed by atoms with Crippen molar-refractivity contribution in [1.29, 1.82) is 10.8 Å². The number of anilines is 1. The molecule has 0 spiro atoms. The van der Waals surface area contributed by atoms with Gasteiger partial charge in [0, 0.05) is 6.08 Å². The molecule has 0 saturated heterocycles. The Morgan fingerprint density at radius 3 is 2.58 bits per heavy atom. The number of amides is 2. The highest BCUT2D eigenvalue weighted by Gasteiger charge is 2.15. The lowest BCUT2D eigenvalue weighted by Gasteiger charge is -2.21. The molecular weight excluding hydrogens is 400 g/mol. The van der Waals surface area contributed by atoms with E-state index in [-0.39, 0.29) is 29.8 Å². The van der Waals surface area contributed by atoms with Crippen LogP contribution in [-0.4, -0.2) is 56.6 Å². The third kappa shape index (κ3) is 9.10. The Kier molecular flexibility index (Phi) is 10.4. The van der Waals surface area contributed by atoms with E-state index in [9.17, 15) is 9.59 Å². The molecule has 0 bridgehead atoms. The van der Waals surface area contributed by atoms with Crippen molar-refractivity contribution in [2.24, 2.45) is 0 Å². The number of hydrogen-bond acceptors (Lipinski definition) is 7. The van der Waals surface area contributed by atoms with Crippen LogP contribution in [0.5, 0.6) is 0 Å². The topological polar surface area (TPSA) is 134 Å². The minimum absolute atomic E-state index is 0.143. The molecule has 1 fully saturated rings. The Bertz CT molecular complexity index is 803. The van der Waals surface area contributed by atoms with Crippen LogP contribution in [0.15, 0.2) is 36.4 Å². The number of amidine groups is 1. The number of benzene rings is 1. The monoisotopic (exact) mass is 430 g/mol. The van der Waals surface area contributed by atoms with E-state index in [2.05, 4.69) is 15.4 Å². The van der Waals surface area contributed by atoms with Crippen LogP contribution in [-0.2, 0) is 19.0 Å². The summed E-state index contributed by atoms with van der Waals surface area (Å²) in [6.45, 7) is 0.626. The Balaban J connectivity index is 1.77. The molecule has 0 aromatic heterocycles. The van der Waals surface area contributed by atoms with E-state index in [0.717, 1.165) is 12.8 Å². The van der Waals surface area contributed by atoms with Gasteiger partial charge in [-0.25, -0.2) is 0 Å². The second kappa shape index (κ2) is 13.3. The highest BCUT2D eigenvalue weighted by atomic mass is 16.5. The summed E-state index contributed by atoms with van der Waals surface area (Å²) in [5, 5.41) is 20.1. The fraction of sp³-hybridized carbons (Fsp3) is 0.455. The molecule has 168 valence electrons. The van der Waals surface area contributed by atoms with Crippen molar-refractivity contribution in [3.8, 4) is 0 Å². The number of carbonyl (C=O) groups excluding carboxylic acids is 2. The summed E-state index contributed by atoms with van der Waals surface area (Å²) in [4.78, 5) is 24.6. The number of nitrogens with one attached hydrogen (secondary N) is 4. The molecule has 1 saturated carbocycles. The van der Waals surface area contributed by atoms with Gasteiger partial charge in [-0.15, -0.1) is 0 Å². The van der Waals surface area contributed by atoms with Crippen molar-refractivity contribution in [2.75, 3.05) is 32.2 Å². The van der Waals surface area contributed by atoms with Gasteiger partial charge in [0.1, 0.15) is 12.4 Å². The molecule has 0 radical (unpaired) electrons. The van der Waals surface area contributed by atoms with E-state index in [4.69, 9.17) is 20.3 Å². The smallest absolute Gasteiger partial charge is 0.258 e. The summed E-state index contributed by atoms with van der Waals surface area (Å²) in [6.07, 6.45) is 8.61. The summed E-state index contributed by atoms with van der Waals surface area (Å²) >= 11 is 0. The van der Waals surface area contributed by atoms with E-state index >= 15 is 0 Å². The minimum atomic E-state index is -0.559. The van der Waals surface area contributed by atoms with Crippen molar-refractivity contribution in [3.63, 3.8) is 0 Å². The molecule has 4 N–H and O–H groups in total. The number of carbonyl (C=O) groups is 2. The van der Waals surface area contributed by atoms with Gasteiger partial charge in [-0.1, -0.05) is 31.4 Å². The van der Waals surface area contributed by atoms with Crippen LogP contribution in [0.1, 0.15) is 42.5 Å². The first kappa shape index (κ1) is 24.2. The number of methoxy groups -OCH3 is 1. The van der Waals surface area contributed by atoms with E-state index in [1.165, 1.54) is 44.6 Å². The molecule has 31 heavy (non-hydrogen) atoms. The van der Waals surface area contributed by atoms with E-state index in [0.29, 0.717) is 25.0 Å². The molecule has 1 aromatic carbocycles. The second-order valence-corrected chi connectivity index (χ2v) is 7.05. The van der Waals surface area contributed by atoms with Gasteiger partial charge in [0.25, 0.3) is 5.91 Å². The Morgan fingerprint density at radius 1 is 1.10 bits per heavy atom. The summed E-state index contributed by atoms with van der Waals surface area (Å²) in [5.41, 5.74) is 0.518. The molecule has 9 nitrogen and oxygen atoms in total. The third-order valence-electron chi connectivity index (χ3n) is 4.68. The lowest BCUT2D eigenvalue weighted by molar-refractivity contribution is -0.121. The molecule has 2 amide bonds. The largest absolute Gasteiger partial charge is 0.481 e. The van der Waals surface area contributed by atoms with Crippen LogP contribution >= 0.6 is 0 Å². The molecular formula is C22H30N4O5. The van der Waals surface area contributed by atoms with Gasteiger partial charge in [0.05, 0.1) is 37.7 Å². The normalized spacial score (nSPS) is 14.2. The van der Waals surface area contributed by atoms with Crippen molar-refractivity contribution in [2.45, 2.75) is 38.2 Å². The lowest BCUT2D eigenvalue weighted by atomic mass is 9.98. The summed E-state index contributed by atoms with van der Waals surface area (Å²) in [7, 11) is 1.33. The molecule has 0 aliphatic heterocycles. The van der Waals surface area contributed by atoms with Crippen molar-refractivity contribution < 1.29 is 23.8 Å². The number of rotatable bonds is 10. The van der Waals surface area contributed by atoms with Gasteiger partial charge in [-0.05, 0) is 31.1 Å². The SMILES string of the molecule is COC(=N)/C=C\C(=N)NC(=O)c1ccccc1NC(=O)COCCOC1CCCCC1. The van der Waals surface area contributed by atoms with E-state index in [1.807, 2.05) is 0 Å². The van der Waals surface area contributed by atoms with Crippen LogP contribution in [0, 0.1) is 10.8 Å². The van der Waals surface area contributed by atoms with Crippen molar-refractivity contribution in [1.82, 2.24) is 5.32 Å². The fourth-order valence-electron chi connectivity index (χ4n) is 3.11. The van der Waals surface area contributed by atoms with Crippen LogP contribution < -0.4 is 10.6 Å². The Hall–Kier alpha value is -3.04. The Morgan fingerprint density at radius 2 is 1.84 bits per heavy atom. The zero-order chi connectivity index (χ0) is 22.5. The predicted octanol–water partition coefficient (Wildman–Crippen LogP) is 2.88. The second-order valence-electron chi connectivity index (χ2n) is 7.05. The minimum Gasteiger partial charge on any atom is -0.481 e. The number of ether oxygens (including phenoxy) is 3. The van der Waals surface area contributed by atoms with Crippen LogP contribution in [0.3, 0.4) is 0 Å². The quantitative estimate of drug-likeness (QED) is 0.257. The average Bonchev–Trinajstić information content (AvgIpc) is 2.78. The lowest BCUT2D eigenvalue weighted by Crippen LogP contribution is -2.30. The zero-order valence-corrected chi connectivity index (χ0v) is 17.7. The van der Waals surface area contributed by atoms with Gasteiger partial charge in [0.15, 0.2) is 0 Å². The van der Waals surface area contributed by atoms with Crippen LogP contribution in [0.25, 0.3) is 0 Å². The molecule has 0 unspecified atom stereocenters. The fourth-order valence-corrected chi connectivity index (χ4v) is 3.11. The van der Waals surface area contributed by atoms with Gasteiger partial charge in [0.2, 0.25) is 11.8 Å². The van der Waals surface area contributed by atoms with Crippen molar-refractivity contribution in [3.05, 3.63) is 42.0 Å². The molecule has 1 aliphatic rings. The highest BCUT2D eigenvalue weighted by Crippen LogP contribution is 2.20. The van der Waals surface area contributed by atoms with Gasteiger partial charge in [-0.3, -0.25) is 20.4 Å². The zero-order valence-electron chi connectivity index (χ0n) is 17.7. The van der Waals surface area contributed by atoms with Crippen LogP contribution in [0.4, 0.5) is 5.69 Å². The number of hydrogen-bond donors (Lipinski definition) is 4. The first-order valence-corrected chi connectivity index (χ1v) is 10.3. The third-order valence-corrected chi connectivity index (χ3v) is 4.68. The van der Waals surface area contributed by atoms with Gasteiger partial charge >= 0.3 is 0 Å². The Labute approximate surface area is 182 Å². The standard InChI is InChI=1S/C22H30N4O5/c1-29-20(24)12-11-19(23)26-22(28)17-9-5-6-10-18(17)25-21(27)15-30-13-14-31-16-7-3-2-4-8-16/h5-6,9-12,16,24H,2-4,7-8,13-15H2,1H3,(H,25,27)(H2,23,26,28)/b12-11-,24-20?. The highest BCUT2D eigenvalue weighted by molar-refractivity contribution is 6.13. The predicted molar refractivity (Wildman–Crippen MR) is 118 cm³/mol. The van der Waals surface area contributed by atoms with E-state index in [1.54, 1.807) is 18.2 Å². The maximum atomic E-state index is 12.5. The molecule has 0 atom stereocenters.